The van der Waals surface area contributed by atoms with Crippen LogP contribution in [0.25, 0.3) is 17.1 Å². The summed E-state index contributed by atoms with van der Waals surface area (Å²) < 4.78 is 7.03. The number of benzene rings is 1. The maximum absolute atomic E-state index is 12.8. The van der Waals surface area contributed by atoms with Gasteiger partial charge in [0.15, 0.2) is 5.76 Å². The van der Waals surface area contributed by atoms with Crippen LogP contribution in [0.5, 0.6) is 0 Å². The number of rotatable bonds is 7. The minimum atomic E-state index is -0.232. The largest absolute Gasteiger partial charge is 0.463 e. The van der Waals surface area contributed by atoms with Crippen LogP contribution < -0.4 is 10.6 Å². The number of furan rings is 1. The molecule has 1 amide bonds. The Morgan fingerprint density at radius 1 is 1.00 bits per heavy atom. The molecule has 2 N–H and O–H groups in total. The van der Waals surface area contributed by atoms with Gasteiger partial charge in [0, 0.05) is 31.5 Å². The number of aromatic nitrogens is 4. The maximum Gasteiger partial charge on any atom is 0.270 e. The zero-order valence-corrected chi connectivity index (χ0v) is 14.9. The minimum absolute atomic E-state index is 0.232. The van der Waals surface area contributed by atoms with Gasteiger partial charge in [-0.25, -0.2) is 14.6 Å². The molecule has 0 fully saturated rings. The molecule has 1 aromatic carbocycles. The molecule has 0 spiro atoms. The molecule has 4 aromatic rings. The van der Waals surface area contributed by atoms with Crippen molar-refractivity contribution < 1.29 is 9.21 Å². The van der Waals surface area contributed by atoms with E-state index in [2.05, 4.69) is 25.7 Å². The van der Waals surface area contributed by atoms with Gasteiger partial charge in [0.1, 0.15) is 11.4 Å². The third-order valence-corrected chi connectivity index (χ3v) is 3.98. The molecular weight excluding hydrogens is 356 g/mol. The molecule has 0 aliphatic carbocycles. The monoisotopic (exact) mass is 374 g/mol. The van der Waals surface area contributed by atoms with Gasteiger partial charge in [-0.2, -0.15) is 5.10 Å². The number of carbonyl (C=O) groups is 1. The summed E-state index contributed by atoms with van der Waals surface area (Å²) in [6, 6.07) is 16.6. The van der Waals surface area contributed by atoms with Crippen molar-refractivity contribution in [2.75, 3.05) is 18.4 Å². The van der Waals surface area contributed by atoms with E-state index in [9.17, 15) is 4.79 Å². The first kappa shape index (κ1) is 17.5. The highest BCUT2D eigenvalue weighted by Gasteiger charge is 2.18. The van der Waals surface area contributed by atoms with Gasteiger partial charge >= 0.3 is 0 Å². The van der Waals surface area contributed by atoms with E-state index in [4.69, 9.17) is 4.42 Å². The summed E-state index contributed by atoms with van der Waals surface area (Å²) >= 11 is 0. The number of nitrogens with one attached hydrogen (secondary N) is 2. The normalized spacial score (nSPS) is 10.6. The van der Waals surface area contributed by atoms with Gasteiger partial charge in [0.25, 0.3) is 5.91 Å². The Hall–Kier alpha value is -3.94. The lowest BCUT2D eigenvalue weighted by Crippen LogP contribution is -2.30. The van der Waals surface area contributed by atoms with Crippen molar-refractivity contribution in [3.05, 3.63) is 78.9 Å². The highest BCUT2D eigenvalue weighted by Crippen LogP contribution is 2.22. The van der Waals surface area contributed by atoms with Crippen molar-refractivity contribution in [1.82, 2.24) is 25.1 Å². The standard InChI is InChI=1S/C20H18N6O2/c27-19(21-11-12-24-20-22-9-5-10-23-20)17-14-16(18-8-4-13-28-18)25-26(17)15-6-2-1-3-7-15/h1-10,13-14H,11-12H2,(H,21,27)(H,22,23,24). The van der Waals surface area contributed by atoms with Crippen LogP contribution in [0.15, 0.2) is 77.7 Å². The summed E-state index contributed by atoms with van der Waals surface area (Å²) in [7, 11) is 0. The third kappa shape index (κ3) is 3.90. The zero-order chi connectivity index (χ0) is 19.2. The second-order valence-corrected chi connectivity index (χ2v) is 5.89. The van der Waals surface area contributed by atoms with Crippen LogP contribution in [0.1, 0.15) is 10.5 Å². The molecule has 0 saturated heterocycles. The average molecular weight is 374 g/mol. The number of anilines is 1. The maximum atomic E-state index is 12.8. The SMILES string of the molecule is O=C(NCCNc1ncccn1)c1cc(-c2ccco2)nn1-c1ccccc1. The summed E-state index contributed by atoms with van der Waals surface area (Å²) in [6.45, 7) is 0.910. The number of hydrogen-bond acceptors (Lipinski definition) is 6. The van der Waals surface area contributed by atoms with Crippen LogP contribution in [0.3, 0.4) is 0 Å². The molecule has 0 atom stereocenters. The summed E-state index contributed by atoms with van der Waals surface area (Å²) in [5.41, 5.74) is 1.81. The van der Waals surface area contributed by atoms with Gasteiger partial charge < -0.3 is 15.1 Å². The van der Waals surface area contributed by atoms with E-state index in [1.165, 1.54) is 0 Å². The fourth-order valence-electron chi connectivity index (χ4n) is 2.68. The predicted octanol–water partition coefficient (Wildman–Crippen LogP) is 2.76. The summed E-state index contributed by atoms with van der Waals surface area (Å²) in [6.07, 6.45) is 4.89. The molecule has 8 heteroatoms. The van der Waals surface area contributed by atoms with E-state index < -0.39 is 0 Å². The van der Waals surface area contributed by atoms with Crippen LogP contribution >= 0.6 is 0 Å². The number of hydrogen-bond donors (Lipinski definition) is 2. The second kappa shape index (κ2) is 8.17. The van der Waals surface area contributed by atoms with E-state index in [1.54, 1.807) is 41.5 Å². The summed E-state index contributed by atoms with van der Waals surface area (Å²) in [5, 5.41) is 10.5. The molecule has 140 valence electrons. The molecule has 0 bridgehead atoms. The number of carbonyl (C=O) groups excluding carboxylic acids is 1. The van der Waals surface area contributed by atoms with Crippen molar-refractivity contribution in [2.24, 2.45) is 0 Å². The first-order valence-electron chi connectivity index (χ1n) is 8.80. The molecule has 0 saturated carbocycles. The van der Waals surface area contributed by atoms with Crippen molar-refractivity contribution >= 4 is 11.9 Å². The average Bonchev–Trinajstić information content (AvgIpc) is 3.42. The zero-order valence-electron chi connectivity index (χ0n) is 14.9. The second-order valence-electron chi connectivity index (χ2n) is 5.89. The quantitative estimate of drug-likeness (QED) is 0.483. The lowest BCUT2D eigenvalue weighted by molar-refractivity contribution is 0.0947. The third-order valence-electron chi connectivity index (χ3n) is 3.98. The molecule has 8 nitrogen and oxygen atoms in total. The lowest BCUT2D eigenvalue weighted by Gasteiger charge is -2.09. The van der Waals surface area contributed by atoms with Crippen LogP contribution in [0.4, 0.5) is 5.95 Å². The van der Waals surface area contributed by atoms with Crippen molar-refractivity contribution in [3.8, 4) is 17.1 Å². The van der Waals surface area contributed by atoms with Gasteiger partial charge in [0.2, 0.25) is 5.95 Å². The van der Waals surface area contributed by atoms with Crippen LogP contribution in [0.2, 0.25) is 0 Å². The Bertz CT molecular complexity index is 1030. The molecule has 4 rings (SSSR count). The summed E-state index contributed by atoms with van der Waals surface area (Å²) in [4.78, 5) is 20.9. The molecule has 0 aliphatic heterocycles. The number of amides is 1. The molecule has 0 unspecified atom stereocenters. The van der Waals surface area contributed by atoms with Gasteiger partial charge in [0.05, 0.1) is 12.0 Å². The van der Waals surface area contributed by atoms with E-state index in [0.717, 1.165) is 5.69 Å². The van der Waals surface area contributed by atoms with E-state index in [0.29, 0.717) is 36.2 Å². The predicted molar refractivity (Wildman–Crippen MR) is 104 cm³/mol. The van der Waals surface area contributed by atoms with Crippen molar-refractivity contribution in [1.29, 1.82) is 0 Å². The topological polar surface area (TPSA) is 97.9 Å². The van der Waals surface area contributed by atoms with Crippen LogP contribution in [-0.2, 0) is 0 Å². The number of para-hydroxylation sites is 1. The Morgan fingerprint density at radius 3 is 2.57 bits per heavy atom. The van der Waals surface area contributed by atoms with Gasteiger partial charge in [-0.1, -0.05) is 18.2 Å². The van der Waals surface area contributed by atoms with Gasteiger partial charge in [-0.15, -0.1) is 0 Å². The van der Waals surface area contributed by atoms with Crippen LogP contribution in [0, 0.1) is 0 Å². The molecule has 0 radical (unpaired) electrons. The van der Waals surface area contributed by atoms with Gasteiger partial charge in [-0.05, 0) is 30.3 Å². The highest BCUT2D eigenvalue weighted by atomic mass is 16.3. The molecule has 3 heterocycles. The van der Waals surface area contributed by atoms with Crippen molar-refractivity contribution in [2.45, 2.75) is 0 Å². The minimum Gasteiger partial charge on any atom is -0.463 e. The highest BCUT2D eigenvalue weighted by molar-refractivity contribution is 5.94. The van der Waals surface area contributed by atoms with E-state index in [-0.39, 0.29) is 5.91 Å². The number of nitrogens with zero attached hydrogens (tertiary/aromatic N) is 4. The summed E-state index contributed by atoms with van der Waals surface area (Å²) in [5.74, 6) is 0.891. The molecule has 28 heavy (non-hydrogen) atoms. The first-order valence-corrected chi connectivity index (χ1v) is 8.80. The Labute approximate surface area is 161 Å². The molecule has 3 aromatic heterocycles. The molecular formula is C20H18N6O2. The van der Waals surface area contributed by atoms with E-state index in [1.807, 2.05) is 36.4 Å². The Balaban J connectivity index is 1.50. The van der Waals surface area contributed by atoms with Gasteiger partial charge in [-0.3, -0.25) is 4.79 Å². The van der Waals surface area contributed by atoms with Crippen molar-refractivity contribution in [3.63, 3.8) is 0 Å². The Morgan fingerprint density at radius 2 is 1.82 bits per heavy atom. The Kier molecular flexibility index (Phi) is 5.10. The fourth-order valence-corrected chi connectivity index (χ4v) is 2.68. The fraction of sp³-hybridized carbons (Fsp3) is 0.100. The molecule has 0 aliphatic rings. The first-order chi connectivity index (χ1) is 13.8. The van der Waals surface area contributed by atoms with E-state index >= 15 is 0 Å². The smallest absolute Gasteiger partial charge is 0.270 e. The van der Waals surface area contributed by atoms with Crippen LogP contribution in [-0.4, -0.2) is 38.7 Å². The lowest BCUT2D eigenvalue weighted by atomic mass is 10.2.